The highest BCUT2D eigenvalue weighted by Crippen LogP contribution is 2.34. The topological polar surface area (TPSA) is 71.0 Å². The summed E-state index contributed by atoms with van der Waals surface area (Å²) in [6.07, 6.45) is -4.43. The molecule has 136 valence electrons. The third-order valence-electron chi connectivity index (χ3n) is 3.89. The number of rotatable bonds is 5. The number of hydrogen-bond acceptors (Lipinski definition) is 4. The fourth-order valence-corrected chi connectivity index (χ4v) is 2.51. The minimum atomic E-state index is -4.43. The van der Waals surface area contributed by atoms with E-state index in [1.165, 1.54) is 6.07 Å². The summed E-state index contributed by atoms with van der Waals surface area (Å²) >= 11 is 0. The third kappa shape index (κ3) is 3.85. The van der Waals surface area contributed by atoms with Crippen LogP contribution >= 0.6 is 0 Å². The number of halogens is 3. The maximum Gasteiger partial charge on any atom is 0.416 e. The van der Waals surface area contributed by atoms with E-state index in [0.717, 1.165) is 6.07 Å². The molecule has 3 rings (SSSR count). The minimum Gasteiger partial charge on any atom is -0.489 e. The van der Waals surface area contributed by atoms with Gasteiger partial charge in [0.1, 0.15) is 19.0 Å². The van der Waals surface area contributed by atoms with Gasteiger partial charge < -0.3 is 9.84 Å². The standard InChI is InChI=1S/C18H16F3N3O2/c1-11-3-2-4-15(18(19,20)21)14(11)10-26-13-7-5-12(6-8-13)17-22-16(9-25)23-24-17/h2-8,25H,9-10H2,1H3,(H,22,23,24). The number of benzene rings is 2. The quantitative estimate of drug-likeness (QED) is 0.722. The van der Waals surface area contributed by atoms with Crippen LogP contribution in [0.1, 0.15) is 22.5 Å². The van der Waals surface area contributed by atoms with E-state index in [9.17, 15) is 13.2 Å². The summed E-state index contributed by atoms with van der Waals surface area (Å²) < 4.78 is 44.9. The van der Waals surface area contributed by atoms with Crippen molar-refractivity contribution in [3.05, 3.63) is 65.0 Å². The van der Waals surface area contributed by atoms with Crippen LogP contribution in [0.2, 0.25) is 0 Å². The van der Waals surface area contributed by atoms with Gasteiger partial charge in [-0.1, -0.05) is 12.1 Å². The molecule has 2 aromatic carbocycles. The molecule has 3 aromatic rings. The van der Waals surface area contributed by atoms with Gasteiger partial charge in [0.15, 0.2) is 11.6 Å². The van der Waals surface area contributed by atoms with Crippen molar-refractivity contribution in [2.45, 2.75) is 26.3 Å². The lowest BCUT2D eigenvalue weighted by molar-refractivity contribution is -0.138. The second-order valence-electron chi connectivity index (χ2n) is 5.68. The zero-order chi connectivity index (χ0) is 18.7. The first-order chi connectivity index (χ1) is 12.4. The lowest BCUT2D eigenvalue weighted by Gasteiger charge is -2.16. The largest absolute Gasteiger partial charge is 0.489 e. The van der Waals surface area contributed by atoms with Gasteiger partial charge in [-0.2, -0.15) is 18.3 Å². The van der Waals surface area contributed by atoms with E-state index < -0.39 is 11.7 Å². The third-order valence-corrected chi connectivity index (χ3v) is 3.89. The Balaban J connectivity index is 1.75. The minimum absolute atomic E-state index is 0.116. The molecule has 8 heteroatoms. The van der Waals surface area contributed by atoms with Gasteiger partial charge in [0.05, 0.1) is 5.56 Å². The molecule has 0 bridgehead atoms. The summed E-state index contributed by atoms with van der Waals surface area (Å²) in [6.45, 7) is 1.20. The van der Waals surface area contributed by atoms with Crippen molar-refractivity contribution in [2.75, 3.05) is 0 Å². The number of ether oxygens (including phenoxy) is 1. The summed E-state index contributed by atoms with van der Waals surface area (Å²) in [6, 6.07) is 10.7. The van der Waals surface area contributed by atoms with Crippen molar-refractivity contribution >= 4 is 0 Å². The number of aromatic nitrogens is 3. The monoisotopic (exact) mass is 363 g/mol. The van der Waals surface area contributed by atoms with Crippen molar-refractivity contribution in [1.29, 1.82) is 0 Å². The Kier molecular flexibility index (Phi) is 4.94. The SMILES string of the molecule is Cc1cccc(C(F)(F)F)c1COc1ccc(-c2n[nH]c(CO)n2)cc1. The average Bonchev–Trinajstić information content (AvgIpc) is 3.09. The zero-order valence-corrected chi connectivity index (χ0v) is 13.8. The number of aryl methyl sites for hydroxylation is 1. The number of H-pyrrole nitrogens is 1. The summed E-state index contributed by atoms with van der Waals surface area (Å²) in [5, 5.41) is 15.5. The number of alkyl halides is 3. The van der Waals surface area contributed by atoms with Crippen LogP contribution in [0.4, 0.5) is 13.2 Å². The molecule has 2 N–H and O–H groups in total. The van der Waals surface area contributed by atoms with Crippen LogP contribution in [0.3, 0.4) is 0 Å². The number of aliphatic hydroxyl groups is 1. The van der Waals surface area contributed by atoms with Crippen LogP contribution in [0.5, 0.6) is 5.75 Å². The maximum absolute atomic E-state index is 13.1. The maximum atomic E-state index is 13.1. The molecule has 0 amide bonds. The van der Waals surface area contributed by atoms with Crippen LogP contribution in [0.25, 0.3) is 11.4 Å². The summed E-state index contributed by atoms with van der Waals surface area (Å²) in [4.78, 5) is 4.09. The number of aromatic amines is 1. The molecule has 0 saturated carbocycles. The first-order valence-electron chi connectivity index (χ1n) is 7.79. The normalized spacial score (nSPS) is 11.6. The van der Waals surface area contributed by atoms with E-state index in [-0.39, 0.29) is 18.8 Å². The number of nitrogens with one attached hydrogen (secondary N) is 1. The highest BCUT2D eigenvalue weighted by atomic mass is 19.4. The van der Waals surface area contributed by atoms with Crippen molar-refractivity contribution in [2.24, 2.45) is 0 Å². The highest BCUT2D eigenvalue weighted by Gasteiger charge is 2.33. The van der Waals surface area contributed by atoms with E-state index in [2.05, 4.69) is 15.2 Å². The summed E-state index contributed by atoms with van der Waals surface area (Å²) in [5.74, 6) is 1.20. The molecule has 1 heterocycles. The van der Waals surface area contributed by atoms with Crippen molar-refractivity contribution in [3.63, 3.8) is 0 Å². The second kappa shape index (κ2) is 7.17. The van der Waals surface area contributed by atoms with Gasteiger partial charge >= 0.3 is 6.18 Å². The van der Waals surface area contributed by atoms with Crippen LogP contribution in [0.15, 0.2) is 42.5 Å². The van der Waals surface area contributed by atoms with E-state index in [0.29, 0.717) is 28.5 Å². The number of aliphatic hydroxyl groups excluding tert-OH is 1. The molecule has 0 radical (unpaired) electrons. The Hall–Kier alpha value is -2.87. The van der Waals surface area contributed by atoms with Crippen LogP contribution in [-0.2, 0) is 19.4 Å². The van der Waals surface area contributed by atoms with Gasteiger partial charge in [0.25, 0.3) is 0 Å². The van der Waals surface area contributed by atoms with E-state index in [1.54, 1.807) is 37.3 Å². The molecular formula is C18H16F3N3O2. The molecule has 0 aliphatic carbocycles. The molecule has 26 heavy (non-hydrogen) atoms. The predicted octanol–water partition coefficient (Wildman–Crippen LogP) is 3.87. The highest BCUT2D eigenvalue weighted by molar-refractivity contribution is 5.55. The van der Waals surface area contributed by atoms with Crippen LogP contribution < -0.4 is 4.74 Å². The fraction of sp³-hybridized carbons (Fsp3) is 0.222. The molecule has 0 aliphatic heterocycles. The van der Waals surface area contributed by atoms with E-state index in [4.69, 9.17) is 9.84 Å². The molecular weight excluding hydrogens is 347 g/mol. The molecule has 0 aliphatic rings. The van der Waals surface area contributed by atoms with Gasteiger partial charge in [0, 0.05) is 11.1 Å². The van der Waals surface area contributed by atoms with Crippen LogP contribution in [0, 0.1) is 6.92 Å². The Bertz CT molecular complexity index is 889. The fourth-order valence-electron chi connectivity index (χ4n) is 2.51. The van der Waals surface area contributed by atoms with Crippen molar-refractivity contribution < 1.29 is 23.0 Å². The Morgan fingerprint density at radius 1 is 1.12 bits per heavy atom. The molecule has 0 saturated heterocycles. The Morgan fingerprint density at radius 2 is 1.85 bits per heavy atom. The first kappa shape index (κ1) is 17.9. The zero-order valence-electron chi connectivity index (χ0n) is 13.8. The smallest absolute Gasteiger partial charge is 0.416 e. The molecule has 5 nitrogen and oxygen atoms in total. The summed E-state index contributed by atoms with van der Waals surface area (Å²) in [5.41, 5.74) is 0.644. The Morgan fingerprint density at radius 3 is 2.46 bits per heavy atom. The van der Waals surface area contributed by atoms with Gasteiger partial charge in [-0.25, -0.2) is 4.98 Å². The van der Waals surface area contributed by atoms with E-state index >= 15 is 0 Å². The predicted molar refractivity (Wildman–Crippen MR) is 88.3 cm³/mol. The van der Waals surface area contributed by atoms with Crippen LogP contribution in [-0.4, -0.2) is 20.3 Å². The second-order valence-corrected chi connectivity index (χ2v) is 5.68. The molecule has 0 atom stereocenters. The molecule has 1 aromatic heterocycles. The average molecular weight is 363 g/mol. The molecule has 0 fully saturated rings. The van der Waals surface area contributed by atoms with Crippen molar-refractivity contribution in [3.8, 4) is 17.1 Å². The Labute approximate surface area is 147 Å². The lowest BCUT2D eigenvalue weighted by atomic mass is 10.0. The molecule has 0 spiro atoms. The first-order valence-corrected chi connectivity index (χ1v) is 7.79. The van der Waals surface area contributed by atoms with Gasteiger partial charge in [-0.05, 0) is 42.8 Å². The number of nitrogens with zero attached hydrogens (tertiary/aromatic N) is 2. The lowest BCUT2D eigenvalue weighted by Crippen LogP contribution is -2.12. The van der Waals surface area contributed by atoms with Gasteiger partial charge in [-0.15, -0.1) is 0 Å². The van der Waals surface area contributed by atoms with Crippen molar-refractivity contribution in [1.82, 2.24) is 15.2 Å². The summed E-state index contributed by atoms with van der Waals surface area (Å²) in [7, 11) is 0. The number of hydrogen-bond donors (Lipinski definition) is 2. The van der Waals surface area contributed by atoms with E-state index in [1.807, 2.05) is 0 Å². The molecule has 0 unspecified atom stereocenters. The van der Waals surface area contributed by atoms with Gasteiger partial charge in [0.2, 0.25) is 0 Å². The van der Waals surface area contributed by atoms with Gasteiger partial charge in [-0.3, -0.25) is 5.10 Å².